The summed E-state index contributed by atoms with van der Waals surface area (Å²) < 4.78 is 16.9. The summed E-state index contributed by atoms with van der Waals surface area (Å²) in [5.74, 6) is 1.72. The van der Waals surface area contributed by atoms with Crippen LogP contribution in [0.3, 0.4) is 0 Å². The van der Waals surface area contributed by atoms with Gasteiger partial charge in [-0.25, -0.2) is 0 Å². The maximum absolute atomic E-state index is 12.8. The molecule has 6 heteroatoms. The van der Waals surface area contributed by atoms with Gasteiger partial charge >= 0.3 is 17.9 Å². The van der Waals surface area contributed by atoms with Gasteiger partial charge in [0.05, 0.1) is 0 Å². The van der Waals surface area contributed by atoms with Crippen molar-refractivity contribution in [2.24, 2.45) is 17.8 Å². The number of ether oxygens (including phenoxy) is 3. The molecule has 0 rings (SSSR count). The second-order valence-electron chi connectivity index (χ2n) is 20.2. The minimum absolute atomic E-state index is 0.0643. The molecule has 0 amide bonds. The SMILES string of the molecule is CCC(C)CCCCCCCCCCCCCCCCC(=O)OC[C@H](COC(=O)CCCCCCCCCCCC(C)C)OC(=O)CCCCCCCCCCCCC(C)CC. The van der Waals surface area contributed by atoms with Gasteiger partial charge in [0.15, 0.2) is 6.10 Å². The van der Waals surface area contributed by atoms with Gasteiger partial charge in [0, 0.05) is 19.3 Å². The van der Waals surface area contributed by atoms with Crippen LogP contribution in [0, 0.1) is 17.8 Å². The first-order valence-corrected chi connectivity index (χ1v) is 27.7. The summed E-state index contributed by atoms with van der Waals surface area (Å²) in [5.41, 5.74) is 0. The molecule has 0 aliphatic carbocycles. The van der Waals surface area contributed by atoms with Gasteiger partial charge in [0.1, 0.15) is 13.2 Å². The summed E-state index contributed by atoms with van der Waals surface area (Å²) in [6, 6.07) is 0. The zero-order valence-electron chi connectivity index (χ0n) is 42.7. The number of hydrogen-bond acceptors (Lipinski definition) is 6. The Bertz CT molecular complexity index is 964. The Balaban J connectivity index is 4.30. The van der Waals surface area contributed by atoms with E-state index in [4.69, 9.17) is 14.2 Å². The lowest BCUT2D eigenvalue weighted by Crippen LogP contribution is -2.30. The molecule has 0 spiro atoms. The summed E-state index contributed by atoms with van der Waals surface area (Å²) in [7, 11) is 0. The molecule has 0 N–H and O–H groups in total. The predicted octanol–water partition coefficient (Wildman–Crippen LogP) is 17.9. The van der Waals surface area contributed by atoms with Crippen molar-refractivity contribution in [2.45, 2.75) is 311 Å². The van der Waals surface area contributed by atoms with Crippen LogP contribution in [0.25, 0.3) is 0 Å². The van der Waals surface area contributed by atoms with Crippen molar-refractivity contribution in [3.05, 3.63) is 0 Å². The molecule has 0 aromatic rings. The first-order chi connectivity index (χ1) is 30.2. The van der Waals surface area contributed by atoms with Gasteiger partial charge in [-0.3, -0.25) is 14.4 Å². The molecular weight excluding hydrogens is 769 g/mol. The van der Waals surface area contributed by atoms with Crippen molar-refractivity contribution in [1.82, 2.24) is 0 Å². The highest BCUT2D eigenvalue weighted by molar-refractivity contribution is 5.71. The van der Waals surface area contributed by atoms with Crippen LogP contribution >= 0.6 is 0 Å². The van der Waals surface area contributed by atoms with Gasteiger partial charge in [-0.1, -0.05) is 266 Å². The van der Waals surface area contributed by atoms with Gasteiger partial charge in [-0.2, -0.15) is 0 Å². The quantitative estimate of drug-likeness (QED) is 0.0344. The van der Waals surface area contributed by atoms with E-state index in [1.807, 2.05) is 0 Å². The van der Waals surface area contributed by atoms with E-state index in [0.29, 0.717) is 19.3 Å². The molecule has 6 nitrogen and oxygen atoms in total. The summed E-state index contributed by atoms with van der Waals surface area (Å²) in [5, 5.41) is 0. The van der Waals surface area contributed by atoms with Crippen LogP contribution in [-0.4, -0.2) is 37.2 Å². The van der Waals surface area contributed by atoms with E-state index >= 15 is 0 Å². The van der Waals surface area contributed by atoms with Crippen LogP contribution in [0.2, 0.25) is 0 Å². The molecule has 0 aromatic carbocycles. The van der Waals surface area contributed by atoms with E-state index in [0.717, 1.165) is 75.5 Å². The maximum Gasteiger partial charge on any atom is 0.306 e. The normalized spacial score (nSPS) is 13.0. The fourth-order valence-electron chi connectivity index (χ4n) is 8.40. The van der Waals surface area contributed by atoms with Crippen LogP contribution in [0.4, 0.5) is 0 Å². The smallest absolute Gasteiger partial charge is 0.306 e. The van der Waals surface area contributed by atoms with Crippen molar-refractivity contribution in [2.75, 3.05) is 13.2 Å². The Hall–Kier alpha value is -1.59. The van der Waals surface area contributed by atoms with Crippen molar-refractivity contribution < 1.29 is 28.6 Å². The molecule has 368 valence electrons. The van der Waals surface area contributed by atoms with Crippen LogP contribution in [0.1, 0.15) is 305 Å². The second-order valence-corrected chi connectivity index (χ2v) is 20.2. The molecular formula is C56H108O6. The molecule has 0 aliphatic rings. The van der Waals surface area contributed by atoms with Crippen LogP contribution in [0.15, 0.2) is 0 Å². The molecule has 2 unspecified atom stereocenters. The Morgan fingerprint density at radius 1 is 0.323 bits per heavy atom. The first kappa shape index (κ1) is 60.4. The third-order valence-electron chi connectivity index (χ3n) is 13.4. The lowest BCUT2D eigenvalue weighted by atomic mass is 9.99. The molecule has 0 bridgehead atoms. The van der Waals surface area contributed by atoms with E-state index in [-0.39, 0.29) is 31.1 Å². The van der Waals surface area contributed by atoms with E-state index in [1.165, 1.54) is 186 Å². The molecule has 62 heavy (non-hydrogen) atoms. The number of carbonyl (C=O) groups excluding carboxylic acids is 3. The zero-order valence-corrected chi connectivity index (χ0v) is 42.7. The molecule has 3 atom stereocenters. The van der Waals surface area contributed by atoms with Crippen LogP contribution in [-0.2, 0) is 28.6 Å². The Morgan fingerprint density at radius 3 is 0.839 bits per heavy atom. The van der Waals surface area contributed by atoms with Gasteiger partial charge in [0.25, 0.3) is 0 Å². The molecule has 0 radical (unpaired) electrons. The van der Waals surface area contributed by atoms with Crippen LogP contribution < -0.4 is 0 Å². The lowest BCUT2D eigenvalue weighted by Gasteiger charge is -2.18. The van der Waals surface area contributed by atoms with Crippen molar-refractivity contribution in [3.8, 4) is 0 Å². The summed E-state index contributed by atoms with van der Waals surface area (Å²) in [6.45, 7) is 13.8. The van der Waals surface area contributed by atoms with Gasteiger partial charge in [0.2, 0.25) is 0 Å². The van der Waals surface area contributed by atoms with E-state index in [9.17, 15) is 14.4 Å². The standard InChI is InChI=1S/C56H108O6/c1-7-51(5)43-37-31-25-19-13-11-9-10-12-14-21-27-33-39-45-54(57)60-48-53(49-61-55(58)46-40-34-28-23-17-18-24-30-36-42-50(3)4)62-56(59)47-41-35-29-22-16-15-20-26-32-38-44-52(6)8-2/h50-53H,7-49H2,1-6H3/t51?,52?,53-/m1/s1. The third-order valence-corrected chi connectivity index (χ3v) is 13.4. The van der Waals surface area contributed by atoms with Crippen molar-refractivity contribution >= 4 is 17.9 Å². The molecule has 0 aromatic heterocycles. The van der Waals surface area contributed by atoms with E-state index in [1.54, 1.807) is 0 Å². The van der Waals surface area contributed by atoms with Crippen molar-refractivity contribution in [3.63, 3.8) is 0 Å². The highest BCUT2D eigenvalue weighted by Crippen LogP contribution is 2.19. The number of hydrogen-bond donors (Lipinski definition) is 0. The van der Waals surface area contributed by atoms with Gasteiger partial charge in [-0.05, 0) is 37.0 Å². The fraction of sp³-hybridized carbons (Fsp3) is 0.946. The third kappa shape index (κ3) is 46.4. The second kappa shape index (κ2) is 47.4. The Morgan fingerprint density at radius 2 is 0.565 bits per heavy atom. The topological polar surface area (TPSA) is 78.9 Å². The van der Waals surface area contributed by atoms with E-state index in [2.05, 4.69) is 41.5 Å². The van der Waals surface area contributed by atoms with E-state index < -0.39 is 6.10 Å². The average molecular weight is 877 g/mol. The molecule has 0 saturated heterocycles. The molecule has 0 fully saturated rings. The number of unbranched alkanes of at least 4 members (excludes halogenated alkanes) is 30. The number of esters is 3. The van der Waals surface area contributed by atoms with Crippen molar-refractivity contribution in [1.29, 1.82) is 0 Å². The molecule has 0 heterocycles. The first-order valence-electron chi connectivity index (χ1n) is 27.7. The number of carbonyl (C=O) groups is 3. The lowest BCUT2D eigenvalue weighted by molar-refractivity contribution is -0.167. The number of rotatable bonds is 49. The molecule has 0 saturated carbocycles. The summed E-state index contributed by atoms with van der Waals surface area (Å²) in [4.78, 5) is 38.0. The molecule has 0 aliphatic heterocycles. The average Bonchev–Trinajstić information content (AvgIpc) is 3.26. The monoisotopic (exact) mass is 877 g/mol. The summed E-state index contributed by atoms with van der Waals surface area (Å²) >= 11 is 0. The fourth-order valence-corrected chi connectivity index (χ4v) is 8.40. The highest BCUT2D eigenvalue weighted by atomic mass is 16.6. The minimum Gasteiger partial charge on any atom is -0.462 e. The largest absolute Gasteiger partial charge is 0.462 e. The summed E-state index contributed by atoms with van der Waals surface area (Å²) in [6.07, 6.45) is 47.9. The predicted molar refractivity (Wildman–Crippen MR) is 266 cm³/mol. The zero-order chi connectivity index (χ0) is 45.6. The maximum atomic E-state index is 12.8. The highest BCUT2D eigenvalue weighted by Gasteiger charge is 2.19. The Labute approximate surface area is 387 Å². The minimum atomic E-state index is -0.763. The van der Waals surface area contributed by atoms with Crippen LogP contribution in [0.5, 0.6) is 0 Å². The van der Waals surface area contributed by atoms with Gasteiger partial charge in [-0.15, -0.1) is 0 Å². The van der Waals surface area contributed by atoms with Gasteiger partial charge < -0.3 is 14.2 Å². The Kier molecular flexibility index (Phi) is 46.2.